The molecule has 214 valence electrons. The number of alkyl carbamates (subject to hydrolysis) is 1. The highest BCUT2D eigenvalue weighted by Crippen LogP contribution is 2.36. The third-order valence-electron chi connectivity index (χ3n) is 8.15. The van der Waals surface area contributed by atoms with Gasteiger partial charge in [-0.2, -0.15) is 0 Å². The van der Waals surface area contributed by atoms with E-state index in [9.17, 15) is 14.4 Å². The highest BCUT2D eigenvalue weighted by atomic mass is 16.7. The molecule has 2 aromatic carbocycles. The van der Waals surface area contributed by atoms with E-state index < -0.39 is 36.5 Å². The van der Waals surface area contributed by atoms with Crippen molar-refractivity contribution >= 4 is 36.2 Å². The first-order valence-corrected chi connectivity index (χ1v) is 13.8. The Morgan fingerprint density at radius 3 is 2.02 bits per heavy atom. The Morgan fingerprint density at radius 2 is 1.50 bits per heavy atom. The minimum atomic E-state index is -0.767. The zero-order chi connectivity index (χ0) is 29.2. The van der Waals surface area contributed by atoms with Gasteiger partial charge in [-0.25, -0.2) is 4.79 Å². The van der Waals surface area contributed by atoms with Crippen LogP contribution in [-0.2, 0) is 23.6 Å². The molecule has 2 aliphatic heterocycles. The number of amides is 3. The van der Waals surface area contributed by atoms with E-state index in [-0.39, 0.29) is 17.7 Å². The molecule has 2 N–H and O–H groups in total. The molecule has 0 radical (unpaired) electrons. The van der Waals surface area contributed by atoms with Crippen molar-refractivity contribution in [3.8, 4) is 11.1 Å². The zero-order valence-corrected chi connectivity index (χ0v) is 24.4. The summed E-state index contributed by atoms with van der Waals surface area (Å²) in [5.41, 5.74) is 2.86. The molecule has 2 heterocycles. The third kappa shape index (κ3) is 6.18. The van der Waals surface area contributed by atoms with E-state index in [1.54, 1.807) is 4.90 Å². The van der Waals surface area contributed by atoms with Crippen LogP contribution in [0.3, 0.4) is 0 Å². The second-order valence-electron chi connectivity index (χ2n) is 11.8. The van der Waals surface area contributed by atoms with Gasteiger partial charge >= 0.3 is 13.2 Å². The number of ether oxygens (including phenoxy) is 1. The number of methoxy groups -OCH3 is 1. The maximum atomic E-state index is 13.2. The zero-order valence-electron chi connectivity index (χ0n) is 24.4. The number of hydrogen-bond acceptors (Lipinski definition) is 6. The molecule has 2 unspecified atom stereocenters. The normalized spacial score (nSPS) is 20.4. The quantitative estimate of drug-likeness (QED) is 0.507. The van der Waals surface area contributed by atoms with E-state index in [0.29, 0.717) is 25.1 Å². The van der Waals surface area contributed by atoms with Gasteiger partial charge in [0.1, 0.15) is 12.1 Å². The van der Waals surface area contributed by atoms with Crippen molar-refractivity contribution in [3.63, 3.8) is 0 Å². The number of nitrogens with one attached hydrogen (secondary N) is 2. The van der Waals surface area contributed by atoms with Crippen molar-refractivity contribution in [1.29, 1.82) is 0 Å². The lowest BCUT2D eigenvalue weighted by Gasteiger charge is -2.32. The van der Waals surface area contributed by atoms with Crippen LogP contribution < -0.4 is 16.1 Å². The number of benzene rings is 2. The Morgan fingerprint density at radius 1 is 0.950 bits per heavy atom. The summed E-state index contributed by atoms with van der Waals surface area (Å²) in [6, 6.07) is 14.3. The number of anilines is 1. The van der Waals surface area contributed by atoms with Gasteiger partial charge in [-0.05, 0) is 75.2 Å². The Balaban J connectivity index is 1.39. The fourth-order valence-corrected chi connectivity index (χ4v) is 4.96. The first kappa shape index (κ1) is 29.6. The van der Waals surface area contributed by atoms with Gasteiger partial charge in [0, 0.05) is 12.2 Å². The minimum absolute atomic E-state index is 0.158. The van der Waals surface area contributed by atoms with Gasteiger partial charge in [0.2, 0.25) is 11.8 Å². The average Bonchev–Trinajstić information content (AvgIpc) is 3.49. The molecule has 3 amide bonds. The second-order valence-corrected chi connectivity index (χ2v) is 11.8. The molecule has 9 nitrogen and oxygen atoms in total. The molecular formula is C30H40BN3O6. The molecule has 0 spiro atoms. The van der Waals surface area contributed by atoms with E-state index in [1.165, 1.54) is 7.11 Å². The van der Waals surface area contributed by atoms with Gasteiger partial charge in [-0.15, -0.1) is 0 Å². The summed E-state index contributed by atoms with van der Waals surface area (Å²) in [6.45, 7) is 12.3. The number of hydrogen-bond donors (Lipinski definition) is 2. The monoisotopic (exact) mass is 549 g/mol. The second kappa shape index (κ2) is 11.6. The summed E-state index contributed by atoms with van der Waals surface area (Å²) in [7, 11) is 0.844. The summed E-state index contributed by atoms with van der Waals surface area (Å²) >= 11 is 0. The lowest BCUT2D eigenvalue weighted by atomic mass is 9.78. The molecular weight excluding hydrogens is 509 g/mol. The molecule has 2 atom stereocenters. The van der Waals surface area contributed by atoms with Crippen LogP contribution in [0.5, 0.6) is 0 Å². The molecule has 0 saturated carbocycles. The van der Waals surface area contributed by atoms with Gasteiger partial charge in [-0.3, -0.25) is 9.59 Å². The predicted molar refractivity (Wildman–Crippen MR) is 155 cm³/mol. The predicted octanol–water partition coefficient (Wildman–Crippen LogP) is 3.96. The molecule has 2 saturated heterocycles. The van der Waals surface area contributed by atoms with Crippen LogP contribution in [0, 0.1) is 5.92 Å². The molecule has 2 aliphatic rings. The lowest BCUT2D eigenvalue weighted by Crippen LogP contribution is -2.54. The van der Waals surface area contributed by atoms with Crippen molar-refractivity contribution in [2.75, 3.05) is 19.0 Å². The van der Waals surface area contributed by atoms with E-state index in [1.807, 2.05) is 90.1 Å². The average molecular weight is 549 g/mol. The number of carbonyl (C=O) groups is 3. The van der Waals surface area contributed by atoms with E-state index in [0.717, 1.165) is 16.6 Å². The Bertz CT molecular complexity index is 1210. The van der Waals surface area contributed by atoms with Crippen molar-refractivity contribution in [1.82, 2.24) is 10.2 Å². The molecule has 0 aromatic heterocycles. The first-order chi connectivity index (χ1) is 18.8. The fraction of sp³-hybridized carbons (Fsp3) is 0.500. The van der Waals surface area contributed by atoms with Crippen LogP contribution in [0.4, 0.5) is 10.5 Å². The van der Waals surface area contributed by atoms with Gasteiger partial charge in [0.15, 0.2) is 0 Å². The summed E-state index contributed by atoms with van der Waals surface area (Å²) in [5.74, 6) is -0.683. The highest BCUT2D eigenvalue weighted by molar-refractivity contribution is 6.62. The molecule has 2 fully saturated rings. The van der Waals surface area contributed by atoms with Crippen LogP contribution in [0.25, 0.3) is 11.1 Å². The number of rotatable bonds is 7. The number of likely N-dealkylation sites (tertiary alicyclic amines) is 1. The fourth-order valence-electron chi connectivity index (χ4n) is 4.96. The van der Waals surface area contributed by atoms with Crippen LogP contribution >= 0.6 is 0 Å². The maximum absolute atomic E-state index is 13.2. The lowest BCUT2D eigenvalue weighted by molar-refractivity contribution is -0.139. The van der Waals surface area contributed by atoms with Crippen LogP contribution in [-0.4, -0.2) is 66.9 Å². The molecule has 40 heavy (non-hydrogen) atoms. The minimum Gasteiger partial charge on any atom is -0.453 e. The van der Waals surface area contributed by atoms with E-state index in [4.69, 9.17) is 9.31 Å². The van der Waals surface area contributed by atoms with Crippen LogP contribution in [0.2, 0.25) is 0 Å². The SMILES string of the molecule is COC(=O)NC(C(=O)N1CCCC1C(=O)Nc1ccc(-c2ccc(B3OC(C)(C)C(C)(C)O3)cc2)cc1)C(C)C. The topological polar surface area (TPSA) is 106 Å². The van der Waals surface area contributed by atoms with Gasteiger partial charge in [-0.1, -0.05) is 50.2 Å². The highest BCUT2D eigenvalue weighted by Gasteiger charge is 2.51. The van der Waals surface area contributed by atoms with E-state index in [2.05, 4.69) is 15.4 Å². The van der Waals surface area contributed by atoms with Crippen molar-refractivity contribution < 1.29 is 28.4 Å². The first-order valence-electron chi connectivity index (χ1n) is 13.8. The Hall–Kier alpha value is -3.37. The summed E-state index contributed by atoms with van der Waals surface area (Å²) in [6.07, 6.45) is 0.608. The smallest absolute Gasteiger partial charge is 0.453 e. The summed E-state index contributed by atoms with van der Waals surface area (Å²) in [5, 5.41) is 5.55. The largest absolute Gasteiger partial charge is 0.494 e. The standard InChI is InChI=1S/C30H40BN3O6/c1-19(2)25(33-28(37)38-7)27(36)34-18-8-9-24(34)26(35)32-23-16-12-21(13-17-23)20-10-14-22(15-11-20)31-39-29(3,4)30(5,6)40-31/h10-17,19,24-25H,8-9,18H2,1-7H3,(H,32,35)(H,33,37). The van der Waals surface area contributed by atoms with Gasteiger partial charge < -0.3 is 29.6 Å². The molecule has 10 heteroatoms. The van der Waals surface area contributed by atoms with Crippen LogP contribution in [0.1, 0.15) is 54.4 Å². The molecule has 0 bridgehead atoms. The van der Waals surface area contributed by atoms with Crippen LogP contribution in [0.15, 0.2) is 48.5 Å². The molecule has 4 rings (SSSR count). The Labute approximate surface area is 237 Å². The van der Waals surface area contributed by atoms with Gasteiger partial charge in [0.25, 0.3) is 0 Å². The maximum Gasteiger partial charge on any atom is 0.494 e. The summed E-state index contributed by atoms with van der Waals surface area (Å²) in [4.78, 5) is 39.7. The number of carbonyl (C=O) groups excluding carboxylic acids is 3. The molecule has 2 aromatic rings. The van der Waals surface area contributed by atoms with Crippen molar-refractivity contribution in [2.45, 2.75) is 77.7 Å². The molecule has 0 aliphatic carbocycles. The number of nitrogens with zero attached hydrogens (tertiary/aromatic N) is 1. The summed E-state index contributed by atoms with van der Waals surface area (Å²) < 4.78 is 17.0. The third-order valence-corrected chi connectivity index (χ3v) is 8.15. The van der Waals surface area contributed by atoms with Gasteiger partial charge in [0.05, 0.1) is 18.3 Å². The van der Waals surface area contributed by atoms with Crippen molar-refractivity contribution in [3.05, 3.63) is 48.5 Å². The van der Waals surface area contributed by atoms with E-state index >= 15 is 0 Å². The Kier molecular flexibility index (Phi) is 8.61. The van der Waals surface area contributed by atoms with Crippen molar-refractivity contribution in [2.24, 2.45) is 5.92 Å².